The third-order valence-corrected chi connectivity index (χ3v) is 5.48. The summed E-state index contributed by atoms with van der Waals surface area (Å²) in [6.07, 6.45) is 2.34. The second-order valence-electron chi connectivity index (χ2n) is 6.98. The molecule has 1 unspecified atom stereocenters. The Morgan fingerprint density at radius 3 is 2.79 bits per heavy atom. The molecule has 0 spiro atoms. The predicted octanol–water partition coefficient (Wildman–Crippen LogP) is 3.28. The number of aromatic nitrogens is 5. The van der Waals surface area contributed by atoms with Crippen molar-refractivity contribution >= 4 is 28.5 Å². The Morgan fingerprint density at radius 1 is 1.14 bits per heavy atom. The molecule has 140 valence electrons. The molecule has 0 saturated carbocycles. The number of halogens is 1. The van der Waals surface area contributed by atoms with Gasteiger partial charge in [0.2, 0.25) is 0 Å². The van der Waals surface area contributed by atoms with Crippen LogP contribution in [0, 0.1) is 0 Å². The summed E-state index contributed by atoms with van der Waals surface area (Å²) in [6, 6.07) is 13.5. The Hall–Kier alpha value is -3.19. The predicted molar refractivity (Wildman–Crippen MR) is 105 cm³/mol. The van der Waals surface area contributed by atoms with Crippen LogP contribution >= 0.6 is 11.6 Å². The molecule has 1 aliphatic rings. The molecule has 2 aromatic carbocycles. The first-order valence-corrected chi connectivity index (χ1v) is 9.35. The maximum Gasteiger partial charge on any atom is 0.255 e. The van der Waals surface area contributed by atoms with Crippen molar-refractivity contribution in [3.8, 4) is 0 Å². The lowest BCUT2D eigenvalue weighted by Crippen LogP contribution is -2.29. The molecule has 2 aromatic heterocycles. The van der Waals surface area contributed by atoms with Crippen LogP contribution in [0.15, 0.2) is 48.7 Å². The summed E-state index contributed by atoms with van der Waals surface area (Å²) in [4.78, 5) is 15.0. The molecular formula is C20H17ClN6O. The lowest BCUT2D eigenvalue weighted by atomic mass is 10.0. The van der Waals surface area contributed by atoms with Gasteiger partial charge in [-0.3, -0.25) is 9.48 Å². The molecule has 7 nitrogen and oxygen atoms in total. The molecule has 4 aromatic rings. The molecule has 1 aliphatic heterocycles. The van der Waals surface area contributed by atoms with Crippen LogP contribution < -0.4 is 0 Å². The van der Waals surface area contributed by atoms with Gasteiger partial charge < -0.3 is 4.90 Å². The summed E-state index contributed by atoms with van der Waals surface area (Å²) in [5.74, 6) is 0.0212. The molecule has 28 heavy (non-hydrogen) atoms. The molecule has 1 atom stereocenters. The number of nitrogens with one attached hydrogen (secondary N) is 1. The van der Waals surface area contributed by atoms with E-state index in [0.29, 0.717) is 18.0 Å². The van der Waals surface area contributed by atoms with Crippen molar-refractivity contribution in [2.24, 2.45) is 7.05 Å². The third-order valence-electron chi connectivity index (χ3n) is 5.16. The number of hydrogen-bond acceptors (Lipinski definition) is 4. The number of H-pyrrole nitrogens is 1. The molecular weight excluding hydrogens is 376 g/mol. The highest BCUT2D eigenvalue weighted by molar-refractivity contribution is 6.31. The standard InChI is InChI=1S/C20H17ClN6O/c1-26-11-15(21)17(24-26)9-19-13-4-2-3-5-14(13)20(28)27(19)10-12-6-7-16-18(8-12)23-25-22-16/h2-8,11,19H,9-10H2,1H3,(H,22,23,25). The number of carbonyl (C=O) groups is 1. The van der Waals surface area contributed by atoms with E-state index in [-0.39, 0.29) is 11.9 Å². The molecule has 0 aliphatic carbocycles. The molecule has 0 saturated heterocycles. The number of benzene rings is 2. The molecule has 0 radical (unpaired) electrons. The fourth-order valence-electron chi connectivity index (χ4n) is 3.86. The Balaban J connectivity index is 1.52. The van der Waals surface area contributed by atoms with E-state index in [1.807, 2.05) is 54.4 Å². The minimum Gasteiger partial charge on any atom is -0.327 e. The van der Waals surface area contributed by atoms with Crippen LogP contribution in [0.25, 0.3) is 11.0 Å². The van der Waals surface area contributed by atoms with Gasteiger partial charge in [0.05, 0.1) is 16.8 Å². The van der Waals surface area contributed by atoms with E-state index in [1.54, 1.807) is 10.9 Å². The van der Waals surface area contributed by atoms with Crippen molar-refractivity contribution in [1.82, 2.24) is 30.1 Å². The van der Waals surface area contributed by atoms with Crippen LogP contribution in [-0.2, 0) is 20.0 Å². The average molecular weight is 393 g/mol. The van der Waals surface area contributed by atoms with E-state index < -0.39 is 0 Å². The number of hydrogen-bond donors (Lipinski definition) is 1. The Labute approximate surface area is 165 Å². The van der Waals surface area contributed by atoms with Crippen molar-refractivity contribution in [2.75, 3.05) is 0 Å². The van der Waals surface area contributed by atoms with Gasteiger partial charge >= 0.3 is 0 Å². The van der Waals surface area contributed by atoms with E-state index in [4.69, 9.17) is 11.6 Å². The van der Waals surface area contributed by atoms with Gasteiger partial charge in [0.1, 0.15) is 11.0 Å². The lowest BCUT2D eigenvalue weighted by molar-refractivity contribution is 0.0708. The summed E-state index contributed by atoms with van der Waals surface area (Å²) in [7, 11) is 1.84. The minimum atomic E-state index is -0.121. The summed E-state index contributed by atoms with van der Waals surface area (Å²) < 4.78 is 1.70. The Morgan fingerprint density at radius 2 is 1.96 bits per heavy atom. The highest BCUT2D eigenvalue weighted by Gasteiger charge is 2.37. The van der Waals surface area contributed by atoms with Crippen LogP contribution in [0.2, 0.25) is 5.02 Å². The second-order valence-corrected chi connectivity index (χ2v) is 7.39. The third kappa shape index (κ3) is 2.75. The fourth-order valence-corrected chi connectivity index (χ4v) is 4.11. The van der Waals surface area contributed by atoms with Crippen molar-refractivity contribution < 1.29 is 4.79 Å². The fraction of sp³-hybridized carbons (Fsp3) is 0.200. The topological polar surface area (TPSA) is 79.7 Å². The van der Waals surface area contributed by atoms with Gasteiger partial charge in [-0.1, -0.05) is 35.9 Å². The molecule has 5 rings (SSSR count). The zero-order valence-corrected chi connectivity index (χ0v) is 15.9. The zero-order valence-electron chi connectivity index (χ0n) is 15.1. The first kappa shape index (κ1) is 16.9. The molecule has 8 heteroatoms. The molecule has 1 N–H and O–H groups in total. The van der Waals surface area contributed by atoms with Gasteiger partial charge in [0.15, 0.2) is 0 Å². The van der Waals surface area contributed by atoms with E-state index in [2.05, 4.69) is 20.5 Å². The van der Waals surface area contributed by atoms with Crippen LogP contribution in [0.1, 0.15) is 33.2 Å². The number of carbonyl (C=O) groups excluding carboxylic acids is 1. The monoisotopic (exact) mass is 392 g/mol. The first-order chi connectivity index (χ1) is 13.6. The number of rotatable bonds is 4. The molecule has 1 amide bonds. The number of aromatic amines is 1. The summed E-state index contributed by atoms with van der Waals surface area (Å²) in [5, 5.41) is 15.9. The van der Waals surface area contributed by atoms with Crippen molar-refractivity contribution in [3.05, 3.63) is 76.1 Å². The van der Waals surface area contributed by atoms with E-state index in [1.165, 1.54) is 0 Å². The smallest absolute Gasteiger partial charge is 0.255 e. The number of amides is 1. The zero-order chi connectivity index (χ0) is 19.3. The molecule has 0 fully saturated rings. The largest absolute Gasteiger partial charge is 0.327 e. The number of nitrogens with zero attached hydrogens (tertiary/aromatic N) is 5. The van der Waals surface area contributed by atoms with Gasteiger partial charge in [-0.15, -0.1) is 0 Å². The Kier molecular flexibility index (Phi) is 3.91. The summed E-state index contributed by atoms with van der Waals surface area (Å²) in [6.45, 7) is 0.478. The lowest BCUT2D eigenvalue weighted by Gasteiger charge is -2.25. The van der Waals surface area contributed by atoms with Gasteiger partial charge in [0.25, 0.3) is 5.91 Å². The highest BCUT2D eigenvalue weighted by atomic mass is 35.5. The second kappa shape index (κ2) is 6.45. The highest BCUT2D eigenvalue weighted by Crippen LogP contribution is 2.37. The van der Waals surface area contributed by atoms with Gasteiger partial charge in [-0.05, 0) is 29.3 Å². The first-order valence-electron chi connectivity index (χ1n) is 8.97. The van der Waals surface area contributed by atoms with Crippen LogP contribution in [0.5, 0.6) is 0 Å². The van der Waals surface area contributed by atoms with Crippen molar-refractivity contribution in [2.45, 2.75) is 19.0 Å². The summed E-state index contributed by atoms with van der Waals surface area (Å²) >= 11 is 6.34. The average Bonchev–Trinajstić information content (AvgIpc) is 3.35. The van der Waals surface area contributed by atoms with Crippen molar-refractivity contribution in [3.63, 3.8) is 0 Å². The normalized spacial score (nSPS) is 16.1. The molecule has 3 heterocycles. The maximum absolute atomic E-state index is 13.1. The summed E-state index contributed by atoms with van der Waals surface area (Å²) in [5.41, 5.74) is 5.12. The Bertz CT molecular complexity index is 1200. The number of aryl methyl sites for hydroxylation is 1. The van der Waals surface area contributed by atoms with Crippen LogP contribution in [0.4, 0.5) is 0 Å². The van der Waals surface area contributed by atoms with Crippen LogP contribution in [0.3, 0.4) is 0 Å². The number of fused-ring (bicyclic) bond motifs is 2. The van der Waals surface area contributed by atoms with E-state index in [0.717, 1.165) is 33.4 Å². The molecule has 0 bridgehead atoms. The SMILES string of the molecule is Cn1cc(Cl)c(CC2c3ccccc3C(=O)N2Cc2ccc3n[nH]nc3c2)n1. The van der Waals surface area contributed by atoms with Gasteiger partial charge in [-0.25, -0.2) is 0 Å². The quantitative estimate of drug-likeness (QED) is 0.578. The minimum absolute atomic E-state index is 0.0212. The van der Waals surface area contributed by atoms with Crippen LogP contribution in [-0.4, -0.2) is 36.0 Å². The van der Waals surface area contributed by atoms with E-state index >= 15 is 0 Å². The maximum atomic E-state index is 13.1. The van der Waals surface area contributed by atoms with E-state index in [9.17, 15) is 4.79 Å². The van der Waals surface area contributed by atoms with Gasteiger partial charge in [-0.2, -0.15) is 20.5 Å². The van der Waals surface area contributed by atoms with Crippen molar-refractivity contribution in [1.29, 1.82) is 0 Å². The van der Waals surface area contributed by atoms with Gasteiger partial charge in [0, 0.05) is 31.8 Å².